The number of fused-ring (bicyclic) bond motifs is 1. The summed E-state index contributed by atoms with van der Waals surface area (Å²) >= 11 is 0. The Bertz CT molecular complexity index is 949. The van der Waals surface area contributed by atoms with Crippen molar-refractivity contribution in [1.82, 2.24) is 15.5 Å². The molecule has 2 fully saturated rings. The largest absolute Gasteiger partial charge is 0.352 e. The molecule has 1 aliphatic carbocycles. The second-order valence-corrected chi connectivity index (χ2v) is 8.26. The minimum absolute atomic E-state index is 0.137. The van der Waals surface area contributed by atoms with Crippen LogP contribution in [-0.2, 0) is 15.1 Å². The van der Waals surface area contributed by atoms with Gasteiger partial charge < -0.3 is 10.6 Å². The number of hydrogen-bond donors (Lipinski definition) is 2. The zero-order chi connectivity index (χ0) is 20.4. The van der Waals surface area contributed by atoms with Crippen molar-refractivity contribution in [2.45, 2.75) is 57.0 Å². The van der Waals surface area contributed by atoms with Gasteiger partial charge in [-0.3, -0.25) is 14.5 Å². The summed E-state index contributed by atoms with van der Waals surface area (Å²) in [4.78, 5) is 39.2. The maximum Gasteiger partial charge on any atom is 0.325 e. The summed E-state index contributed by atoms with van der Waals surface area (Å²) in [5, 5.41) is 7.86. The van der Waals surface area contributed by atoms with Crippen LogP contribution in [0.15, 0.2) is 42.5 Å². The first-order valence-electron chi connectivity index (χ1n) is 10.4. The molecule has 1 atom stereocenters. The first-order valence-corrected chi connectivity index (χ1v) is 10.4. The number of nitrogens with one attached hydrogen (secondary N) is 2. The number of benzene rings is 2. The van der Waals surface area contributed by atoms with Gasteiger partial charge in [0.2, 0.25) is 5.91 Å². The van der Waals surface area contributed by atoms with Crippen LogP contribution in [0.4, 0.5) is 4.79 Å². The summed E-state index contributed by atoms with van der Waals surface area (Å²) in [5.74, 6) is -0.669. The lowest BCUT2D eigenvalue weighted by atomic mass is 9.90. The number of rotatable bonds is 4. The standard InChI is InChI=1S/C23H27N3O3/c1-23(18-13-12-16-8-6-7-9-17(16)14-18)21(28)26(22(29)25-23)15-20(27)24-19-10-4-2-3-5-11-19/h6-9,12-14,19H,2-5,10-11,15H2,1H3,(H,24,27)(H,25,29)/t23-/m1/s1. The normalized spacial score (nSPS) is 23.1. The summed E-state index contributed by atoms with van der Waals surface area (Å²) in [5.41, 5.74) is -0.467. The Morgan fingerprint density at radius 3 is 2.48 bits per heavy atom. The molecule has 0 radical (unpaired) electrons. The van der Waals surface area contributed by atoms with Gasteiger partial charge in [-0.15, -0.1) is 0 Å². The number of hydrogen-bond acceptors (Lipinski definition) is 3. The molecule has 0 bridgehead atoms. The lowest BCUT2D eigenvalue weighted by molar-refractivity contribution is -0.135. The molecule has 0 aromatic heterocycles. The molecule has 2 N–H and O–H groups in total. The highest BCUT2D eigenvalue weighted by atomic mass is 16.2. The number of nitrogens with zero attached hydrogens (tertiary/aromatic N) is 1. The van der Waals surface area contributed by atoms with Gasteiger partial charge in [-0.2, -0.15) is 0 Å². The van der Waals surface area contributed by atoms with Crippen molar-refractivity contribution in [3.63, 3.8) is 0 Å². The molecule has 0 spiro atoms. The SMILES string of the molecule is C[C@]1(c2ccc3ccccc3c2)NC(=O)N(CC(=O)NC2CCCCCC2)C1=O. The van der Waals surface area contributed by atoms with Crippen molar-refractivity contribution in [3.8, 4) is 0 Å². The molecule has 1 aliphatic heterocycles. The first kappa shape index (κ1) is 19.4. The predicted molar refractivity (Wildman–Crippen MR) is 111 cm³/mol. The van der Waals surface area contributed by atoms with Gasteiger partial charge in [0.15, 0.2) is 0 Å². The fraction of sp³-hybridized carbons (Fsp3) is 0.435. The van der Waals surface area contributed by atoms with Crippen LogP contribution in [0.2, 0.25) is 0 Å². The molecule has 2 aliphatic rings. The van der Waals surface area contributed by atoms with E-state index in [1.165, 1.54) is 12.8 Å². The zero-order valence-electron chi connectivity index (χ0n) is 16.7. The van der Waals surface area contributed by atoms with Crippen molar-refractivity contribution in [2.24, 2.45) is 0 Å². The molecule has 4 amide bonds. The quantitative estimate of drug-likeness (QED) is 0.617. The van der Waals surface area contributed by atoms with Crippen molar-refractivity contribution in [3.05, 3.63) is 48.0 Å². The molecule has 1 saturated heterocycles. The van der Waals surface area contributed by atoms with Crippen LogP contribution in [0.5, 0.6) is 0 Å². The van der Waals surface area contributed by atoms with Crippen LogP contribution in [0, 0.1) is 0 Å². The number of imide groups is 1. The maximum atomic E-state index is 13.1. The summed E-state index contributed by atoms with van der Waals surface area (Å²) in [6.45, 7) is 1.45. The highest BCUT2D eigenvalue weighted by molar-refractivity contribution is 6.09. The molecule has 0 unspecified atom stereocenters. The van der Waals surface area contributed by atoms with Crippen LogP contribution in [0.3, 0.4) is 0 Å². The lowest BCUT2D eigenvalue weighted by Crippen LogP contribution is -2.45. The van der Waals surface area contributed by atoms with E-state index < -0.39 is 17.5 Å². The van der Waals surface area contributed by atoms with Gasteiger partial charge in [-0.1, -0.05) is 62.1 Å². The third kappa shape index (κ3) is 3.84. The van der Waals surface area contributed by atoms with E-state index in [1.54, 1.807) is 6.92 Å². The fourth-order valence-corrected chi connectivity index (χ4v) is 4.38. The van der Waals surface area contributed by atoms with Gasteiger partial charge in [0, 0.05) is 6.04 Å². The predicted octanol–water partition coefficient (Wildman–Crippen LogP) is 3.45. The first-order chi connectivity index (χ1) is 14.0. The van der Waals surface area contributed by atoms with Gasteiger partial charge in [0.05, 0.1) is 0 Å². The third-order valence-corrected chi connectivity index (χ3v) is 6.12. The molecule has 6 nitrogen and oxygen atoms in total. The van der Waals surface area contributed by atoms with Crippen LogP contribution in [0.1, 0.15) is 51.0 Å². The van der Waals surface area contributed by atoms with E-state index in [0.717, 1.165) is 41.4 Å². The van der Waals surface area contributed by atoms with Crippen molar-refractivity contribution >= 4 is 28.6 Å². The summed E-state index contributed by atoms with van der Waals surface area (Å²) < 4.78 is 0. The molecule has 152 valence electrons. The molecular formula is C23H27N3O3. The smallest absolute Gasteiger partial charge is 0.325 e. The summed E-state index contributed by atoms with van der Waals surface area (Å²) in [6, 6.07) is 13.2. The van der Waals surface area contributed by atoms with Gasteiger partial charge in [-0.05, 0) is 42.2 Å². The Kier molecular flexibility index (Phi) is 5.26. The van der Waals surface area contributed by atoms with Crippen molar-refractivity contribution < 1.29 is 14.4 Å². The van der Waals surface area contributed by atoms with E-state index in [4.69, 9.17) is 0 Å². The lowest BCUT2D eigenvalue weighted by Gasteiger charge is -2.23. The summed E-state index contributed by atoms with van der Waals surface area (Å²) in [7, 11) is 0. The topological polar surface area (TPSA) is 78.5 Å². The monoisotopic (exact) mass is 393 g/mol. The molecule has 2 aromatic carbocycles. The van der Waals surface area contributed by atoms with E-state index in [9.17, 15) is 14.4 Å². The van der Waals surface area contributed by atoms with E-state index >= 15 is 0 Å². The van der Waals surface area contributed by atoms with Gasteiger partial charge in [0.1, 0.15) is 12.1 Å². The van der Waals surface area contributed by atoms with E-state index in [0.29, 0.717) is 5.56 Å². The maximum absolute atomic E-state index is 13.1. The number of carbonyl (C=O) groups is 3. The summed E-state index contributed by atoms with van der Waals surface area (Å²) in [6.07, 6.45) is 6.52. The Morgan fingerprint density at radius 1 is 1.07 bits per heavy atom. The van der Waals surface area contributed by atoms with Crippen LogP contribution >= 0.6 is 0 Å². The van der Waals surface area contributed by atoms with Crippen LogP contribution < -0.4 is 10.6 Å². The van der Waals surface area contributed by atoms with E-state index in [-0.39, 0.29) is 18.5 Å². The molecule has 6 heteroatoms. The highest BCUT2D eigenvalue weighted by Gasteiger charge is 2.49. The van der Waals surface area contributed by atoms with Crippen LogP contribution in [0.25, 0.3) is 10.8 Å². The van der Waals surface area contributed by atoms with Gasteiger partial charge in [-0.25, -0.2) is 4.79 Å². The highest BCUT2D eigenvalue weighted by Crippen LogP contribution is 2.31. The van der Waals surface area contributed by atoms with E-state index in [2.05, 4.69) is 10.6 Å². The molecule has 2 aromatic rings. The van der Waals surface area contributed by atoms with E-state index in [1.807, 2.05) is 42.5 Å². The van der Waals surface area contributed by atoms with Gasteiger partial charge >= 0.3 is 6.03 Å². The minimum Gasteiger partial charge on any atom is -0.352 e. The zero-order valence-corrected chi connectivity index (χ0v) is 16.7. The van der Waals surface area contributed by atoms with Crippen molar-refractivity contribution in [2.75, 3.05) is 6.54 Å². The Morgan fingerprint density at radius 2 is 1.76 bits per heavy atom. The Labute approximate surface area is 170 Å². The number of amides is 4. The number of urea groups is 1. The molecule has 29 heavy (non-hydrogen) atoms. The Balaban J connectivity index is 1.49. The fourth-order valence-electron chi connectivity index (χ4n) is 4.38. The minimum atomic E-state index is -1.18. The molecule has 4 rings (SSSR count). The molecule has 1 saturated carbocycles. The average molecular weight is 393 g/mol. The average Bonchev–Trinajstić information content (AvgIpc) is 2.90. The van der Waals surface area contributed by atoms with Gasteiger partial charge in [0.25, 0.3) is 5.91 Å². The van der Waals surface area contributed by atoms with Crippen LogP contribution in [-0.4, -0.2) is 35.3 Å². The second kappa shape index (κ2) is 7.85. The number of carbonyl (C=O) groups excluding carboxylic acids is 3. The second-order valence-electron chi connectivity index (χ2n) is 8.26. The Hall–Kier alpha value is -2.89. The third-order valence-electron chi connectivity index (χ3n) is 6.12. The molecular weight excluding hydrogens is 366 g/mol. The van der Waals surface area contributed by atoms with Crippen molar-refractivity contribution in [1.29, 1.82) is 0 Å². The molecule has 1 heterocycles.